The third-order valence-electron chi connectivity index (χ3n) is 5.31. The highest BCUT2D eigenvalue weighted by molar-refractivity contribution is 7.99. The molecule has 1 aromatic rings. The van der Waals surface area contributed by atoms with Crippen LogP contribution >= 0.6 is 11.8 Å². The number of amides is 1. The Bertz CT molecular complexity index is 601. The highest BCUT2D eigenvalue weighted by Gasteiger charge is 2.44. The van der Waals surface area contributed by atoms with Crippen LogP contribution in [-0.4, -0.2) is 35.2 Å². The van der Waals surface area contributed by atoms with Crippen LogP contribution in [0.3, 0.4) is 0 Å². The molecule has 1 heterocycles. The third kappa shape index (κ3) is 4.43. The van der Waals surface area contributed by atoms with Crippen LogP contribution in [0.1, 0.15) is 62.8 Å². The fourth-order valence-electron chi connectivity index (χ4n) is 3.81. The molecule has 1 saturated heterocycles. The Morgan fingerprint density at radius 2 is 1.88 bits per heavy atom. The molecule has 0 bridgehead atoms. The van der Waals surface area contributed by atoms with Gasteiger partial charge >= 0.3 is 5.97 Å². The predicted molar refractivity (Wildman–Crippen MR) is 105 cm³/mol. The molecule has 1 amide bonds. The topological polar surface area (TPSA) is 46.6 Å². The Kier molecular flexibility index (Phi) is 7.00. The van der Waals surface area contributed by atoms with Gasteiger partial charge in [0.25, 0.3) is 0 Å². The lowest BCUT2D eigenvalue weighted by Gasteiger charge is -2.33. The van der Waals surface area contributed by atoms with Crippen molar-refractivity contribution in [2.45, 2.75) is 63.3 Å². The van der Waals surface area contributed by atoms with E-state index in [0.717, 1.165) is 44.1 Å². The van der Waals surface area contributed by atoms with E-state index in [2.05, 4.69) is 6.92 Å². The number of carbonyl (C=O) groups is 2. The molecule has 0 aromatic heterocycles. The summed E-state index contributed by atoms with van der Waals surface area (Å²) in [6.07, 6.45) is 7.17. The van der Waals surface area contributed by atoms with Crippen LogP contribution in [0.15, 0.2) is 30.3 Å². The number of carbonyl (C=O) groups excluding carboxylic acids is 2. The van der Waals surface area contributed by atoms with Crippen molar-refractivity contribution in [1.29, 1.82) is 0 Å². The zero-order valence-corrected chi connectivity index (χ0v) is 16.4. The molecule has 1 aliphatic heterocycles. The van der Waals surface area contributed by atoms with Gasteiger partial charge in [-0.1, -0.05) is 62.9 Å². The lowest BCUT2D eigenvalue weighted by molar-refractivity contribution is -0.156. The summed E-state index contributed by atoms with van der Waals surface area (Å²) in [5.41, 5.74) is 1.09. The molecule has 5 heteroatoms. The summed E-state index contributed by atoms with van der Waals surface area (Å²) in [6, 6.07) is 9.59. The summed E-state index contributed by atoms with van der Waals surface area (Å²) in [5, 5.41) is -0.0886. The highest BCUT2D eigenvalue weighted by atomic mass is 32.2. The van der Waals surface area contributed by atoms with E-state index in [-0.39, 0.29) is 23.2 Å². The van der Waals surface area contributed by atoms with Crippen LogP contribution in [0.5, 0.6) is 0 Å². The maximum Gasteiger partial charge on any atom is 0.329 e. The molecule has 1 saturated carbocycles. The van der Waals surface area contributed by atoms with Crippen LogP contribution in [0.25, 0.3) is 0 Å². The number of hydrogen-bond donors (Lipinski definition) is 0. The van der Waals surface area contributed by atoms with Gasteiger partial charge in [-0.2, -0.15) is 0 Å². The third-order valence-corrected chi connectivity index (χ3v) is 6.63. The summed E-state index contributed by atoms with van der Waals surface area (Å²) in [6.45, 7) is 2.52. The van der Waals surface area contributed by atoms with Gasteiger partial charge in [-0.05, 0) is 24.8 Å². The molecule has 2 fully saturated rings. The Morgan fingerprint density at radius 1 is 1.15 bits per heavy atom. The number of ether oxygens (including phenoxy) is 1. The van der Waals surface area contributed by atoms with Gasteiger partial charge in [0.05, 0.1) is 6.61 Å². The fraction of sp³-hybridized carbons (Fsp3) is 0.619. The Labute approximate surface area is 160 Å². The van der Waals surface area contributed by atoms with E-state index in [1.54, 1.807) is 11.8 Å². The van der Waals surface area contributed by atoms with Crippen LogP contribution in [0, 0.1) is 5.92 Å². The molecule has 1 aliphatic carbocycles. The Hall–Kier alpha value is -1.49. The number of thioether (sulfide) groups is 1. The lowest BCUT2D eigenvalue weighted by atomic mass is 9.88. The smallest absolute Gasteiger partial charge is 0.329 e. The van der Waals surface area contributed by atoms with E-state index in [0.29, 0.717) is 12.4 Å². The van der Waals surface area contributed by atoms with Crippen molar-refractivity contribution in [2.24, 2.45) is 5.92 Å². The fourth-order valence-corrected chi connectivity index (χ4v) is 5.23. The minimum atomic E-state index is -0.462. The summed E-state index contributed by atoms with van der Waals surface area (Å²) in [4.78, 5) is 27.8. The van der Waals surface area contributed by atoms with Crippen molar-refractivity contribution in [2.75, 3.05) is 12.4 Å². The number of esters is 1. The highest BCUT2D eigenvalue weighted by Crippen LogP contribution is 2.43. The standard InChI is InChI=1S/C21H29NO3S/c1-2-3-14-25-21(24)18-15-26-20(17-12-8-5-9-13-17)22(18)19(23)16-10-6-4-7-11-16/h5,8-9,12-13,16,18,20H,2-4,6-7,10-11,14-15H2,1H3. The van der Waals surface area contributed by atoms with Gasteiger partial charge in [0.2, 0.25) is 5.91 Å². The molecule has 4 nitrogen and oxygen atoms in total. The molecule has 2 aliphatic rings. The van der Waals surface area contributed by atoms with Crippen molar-refractivity contribution in [3.63, 3.8) is 0 Å². The molecular weight excluding hydrogens is 346 g/mol. The monoisotopic (exact) mass is 375 g/mol. The lowest BCUT2D eigenvalue weighted by Crippen LogP contribution is -2.46. The van der Waals surface area contributed by atoms with E-state index < -0.39 is 6.04 Å². The largest absolute Gasteiger partial charge is 0.464 e. The SMILES string of the molecule is CCCCOC(=O)C1CSC(c2ccccc2)N1C(=O)C1CCCCC1. The maximum absolute atomic E-state index is 13.3. The zero-order valence-electron chi connectivity index (χ0n) is 15.6. The molecule has 1 aromatic carbocycles. The second-order valence-corrected chi connectivity index (χ2v) is 8.33. The quantitative estimate of drug-likeness (QED) is 0.540. The summed E-state index contributed by atoms with van der Waals surface area (Å²) in [7, 11) is 0. The number of rotatable bonds is 6. The number of nitrogens with zero attached hydrogens (tertiary/aromatic N) is 1. The van der Waals surface area contributed by atoms with Gasteiger partial charge in [0.1, 0.15) is 11.4 Å². The molecular formula is C21H29NO3S. The van der Waals surface area contributed by atoms with Gasteiger partial charge in [0.15, 0.2) is 0 Å². The van der Waals surface area contributed by atoms with Crippen molar-refractivity contribution < 1.29 is 14.3 Å². The van der Waals surface area contributed by atoms with Crippen molar-refractivity contribution in [3.8, 4) is 0 Å². The molecule has 0 radical (unpaired) electrons. The van der Waals surface area contributed by atoms with Gasteiger partial charge in [-0.25, -0.2) is 4.79 Å². The number of benzene rings is 1. The van der Waals surface area contributed by atoms with Crippen LogP contribution in [0.4, 0.5) is 0 Å². The van der Waals surface area contributed by atoms with Gasteiger partial charge in [0, 0.05) is 11.7 Å². The number of unbranched alkanes of at least 4 members (excludes halogenated alkanes) is 1. The van der Waals surface area contributed by atoms with E-state index in [9.17, 15) is 9.59 Å². The van der Waals surface area contributed by atoms with Crippen molar-refractivity contribution in [3.05, 3.63) is 35.9 Å². The first-order valence-corrected chi connectivity index (χ1v) is 10.9. The van der Waals surface area contributed by atoms with E-state index in [1.165, 1.54) is 6.42 Å². The summed E-state index contributed by atoms with van der Waals surface area (Å²) >= 11 is 1.68. The van der Waals surface area contributed by atoms with E-state index >= 15 is 0 Å². The molecule has 3 rings (SSSR count). The van der Waals surface area contributed by atoms with Crippen LogP contribution < -0.4 is 0 Å². The van der Waals surface area contributed by atoms with E-state index in [1.807, 2.05) is 35.2 Å². The minimum Gasteiger partial charge on any atom is -0.464 e. The van der Waals surface area contributed by atoms with Crippen molar-refractivity contribution in [1.82, 2.24) is 4.90 Å². The molecule has 2 atom stereocenters. The van der Waals surface area contributed by atoms with Crippen molar-refractivity contribution >= 4 is 23.6 Å². The minimum absolute atomic E-state index is 0.0552. The van der Waals surface area contributed by atoms with Crippen LogP contribution in [0.2, 0.25) is 0 Å². The summed E-state index contributed by atoms with van der Waals surface area (Å²) < 4.78 is 5.47. The first kappa shape index (κ1) is 19.3. The Morgan fingerprint density at radius 3 is 2.58 bits per heavy atom. The van der Waals surface area contributed by atoms with E-state index in [4.69, 9.17) is 4.74 Å². The second kappa shape index (κ2) is 9.45. The molecule has 0 N–H and O–H groups in total. The maximum atomic E-state index is 13.3. The first-order valence-electron chi connectivity index (χ1n) is 9.87. The normalized spacial score (nSPS) is 23.8. The first-order chi connectivity index (χ1) is 12.7. The molecule has 2 unspecified atom stereocenters. The van der Waals surface area contributed by atoms with Gasteiger partial charge in [-0.15, -0.1) is 11.8 Å². The van der Waals surface area contributed by atoms with Gasteiger partial charge < -0.3 is 9.64 Å². The average Bonchev–Trinajstić information content (AvgIpc) is 3.14. The average molecular weight is 376 g/mol. The number of hydrogen-bond acceptors (Lipinski definition) is 4. The second-order valence-electron chi connectivity index (χ2n) is 7.21. The summed E-state index contributed by atoms with van der Waals surface area (Å²) in [5.74, 6) is 0.567. The molecule has 142 valence electrons. The van der Waals surface area contributed by atoms with Gasteiger partial charge in [-0.3, -0.25) is 4.79 Å². The molecule has 0 spiro atoms. The molecule has 26 heavy (non-hydrogen) atoms. The predicted octanol–water partition coefficient (Wildman–Crippen LogP) is 4.55. The van der Waals surface area contributed by atoms with Crippen LogP contribution in [-0.2, 0) is 14.3 Å². The zero-order chi connectivity index (χ0) is 18.4. The Balaban J connectivity index is 1.79.